The zero-order chi connectivity index (χ0) is 21.8. The number of nitrogens with zero attached hydrogens (tertiary/aromatic N) is 5. The van der Waals surface area contributed by atoms with Gasteiger partial charge in [0.15, 0.2) is 0 Å². The number of methoxy groups -OCH3 is 1. The summed E-state index contributed by atoms with van der Waals surface area (Å²) in [5, 5.41) is 6.07. The van der Waals surface area contributed by atoms with Crippen molar-refractivity contribution < 1.29 is 14.0 Å². The van der Waals surface area contributed by atoms with Crippen LogP contribution in [-0.2, 0) is 17.0 Å². The van der Waals surface area contributed by atoms with Crippen molar-refractivity contribution in [1.29, 1.82) is 0 Å². The van der Waals surface area contributed by atoms with Crippen LogP contribution < -0.4 is 4.74 Å². The van der Waals surface area contributed by atoms with Gasteiger partial charge >= 0.3 is 0 Å². The summed E-state index contributed by atoms with van der Waals surface area (Å²) in [6, 6.07) is 15.7. The molecule has 164 valence electrons. The zero-order valence-electron chi connectivity index (χ0n) is 17.7. The normalized spacial score (nSPS) is 14.7. The molecule has 2 aromatic carbocycles. The maximum Gasteiger partial charge on any atom is 0.237 e. The molecule has 0 spiro atoms. The Balaban J connectivity index is 1.33. The molecule has 32 heavy (non-hydrogen) atoms. The monoisotopic (exact) mass is 449 g/mol. The lowest BCUT2D eigenvalue weighted by molar-refractivity contribution is 0.0330. The Hall–Kier alpha value is -3.01. The predicted molar refractivity (Wildman–Crippen MR) is 121 cm³/mol. The number of thioether (sulfide) groups is 1. The average Bonchev–Trinajstić information content (AvgIpc) is 3.32. The summed E-state index contributed by atoms with van der Waals surface area (Å²) in [4.78, 5) is 16.5. The van der Waals surface area contributed by atoms with Crippen molar-refractivity contribution in [1.82, 2.24) is 25.0 Å². The molecule has 9 heteroatoms. The van der Waals surface area contributed by atoms with E-state index in [1.54, 1.807) is 18.9 Å². The molecular weight excluding hydrogens is 426 g/mol. The molecule has 3 heterocycles. The topological polar surface area (TPSA) is 86.4 Å². The van der Waals surface area contributed by atoms with Gasteiger partial charge in [0.1, 0.15) is 16.6 Å². The summed E-state index contributed by atoms with van der Waals surface area (Å²) in [7, 11) is 1.64. The van der Waals surface area contributed by atoms with Gasteiger partial charge in [-0.3, -0.25) is 4.90 Å². The van der Waals surface area contributed by atoms with Crippen molar-refractivity contribution in [3.8, 4) is 17.1 Å². The van der Waals surface area contributed by atoms with E-state index in [0.29, 0.717) is 24.0 Å². The molecule has 0 atom stereocenters. The fourth-order valence-corrected chi connectivity index (χ4v) is 4.41. The van der Waals surface area contributed by atoms with Gasteiger partial charge in [-0.25, -0.2) is 9.97 Å². The number of aromatic nitrogens is 4. The van der Waals surface area contributed by atoms with E-state index in [0.717, 1.165) is 59.4 Å². The number of rotatable bonds is 7. The van der Waals surface area contributed by atoms with E-state index in [4.69, 9.17) is 24.0 Å². The van der Waals surface area contributed by atoms with E-state index in [2.05, 4.69) is 15.0 Å². The number of ether oxygens (including phenoxy) is 2. The molecule has 0 bridgehead atoms. The van der Waals surface area contributed by atoms with Crippen molar-refractivity contribution in [2.45, 2.75) is 17.3 Å². The number of hydrogen-bond acceptors (Lipinski definition) is 9. The third-order valence-corrected chi connectivity index (χ3v) is 6.21. The summed E-state index contributed by atoms with van der Waals surface area (Å²) in [5.74, 6) is 3.25. The summed E-state index contributed by atoms with van der Waals surface area (Å²) in [5.41, 5.74) is 1.82. The van der Waals surface area contributed by atoms with Crippen LogP contribution in [0, 0.1) is 0 Å². The van der Waals surface area contributed by atoms with Crippen molar-refractivity contribution in [3.63, 3.8) is 0 Å². The molecule has 5 rings (SSSR count). The molecule has 1 aliphatic heterocycles. The number of benzene rings is 2. The fourth-order valence-electron chi connectivity index (χ4n) is 3.53. The molecule has 0 unspecified atom stereocenters. The second kappa shape index (κ2) is 9.64. The van der Waals surface area contributed by atoms with Crippen LogP contribution in [0.15, 0.2) is 58.1 Å². The molecule has 4 aromatic rings. The van der Waals surface area contributed by atoms with Crippen molar-refractivity contribution in [3.05, 3.63) is 60.2 Å². The van der Waals surface area contributed by atoms with Crippen LogP contribution in [0.5, 0.6) is 5.75 Å². The second-order valence-electron chi connectivity index (χ2n) is 7.38. The minimum Gasteiger partial charge on any atom is -0.497 e. The highest BCUT2D eigenvalue weighted by molar-refractivity contribution is 7.98. The Labute approximate surface area is 190 Å². The molecular formula is C23H23N5O3S. The minimum absolute atomic E-state index is 0.529. The summed E-state index contributed by atoms with van der Waals surface area (Å²) in [6.45, 7) is 4.01. The summed E-state index contributed by atoms with van der Waals surface area (Å²) in [6.07, 6.45) is 0. The van der Waals surface area contributed by atoms with Gasteiger partial charge in [0.2, 0.25) is 11.7 Å². The molecule has 0 radical (unpaired) electrons. The molecule has 1 aliphatic rings. The zero-order valence-corrected chi connectivity index (χ0v) is 18.5. The maximum absolute atomic E-state index is 5.48. The number of para-hydroxylation sites is 1. The smallest absolute Gasteiger partial charge is 0.237 e. The Morgan fingerprint density at radius 1 is 1.00 bits per heavy atom. The van der Waals surface area contributed by atoms with E-state index >= 15 is 0 Å². The Bertz CT molecular complexity index is 1190. The standard InChI is InChI=1S/C23H23N5O3S/c1-29-17-8-6-16(7-9-17)22-26-21(31-27-22)15-32-23-18-4-2-3-5-19(18)24-20(25-23)14-28-10-12-30-13-11-28/h2-9H,10-15H2,1H3. The van der Waals surface area contributed by atoms with Crippen molar-refractivity contribution in [2.75, 3.05) is 33.4 Å². The first-order valence-corrected chi connectivity index (χ1v) is 11.4. The SMILES string of the molecule is COc1ccc(-c2noc(CSc3nc(CN4CCOCC4)nc4ccccc34)n2)cc1. The van der Waals surface area contributed by atoms with E-state index in [1.165, 1.54) is 0 Å². The first-order valence-electron chi connectivity index (χ1n) is 10.4. The lowest BCUT2D eigenvalue weighted by atomic mass is 10.2. The predicted octanol–water partition coefficient (Wildman–Crippen LogP) is 3.81. The molecule has 0 amide bonds. The molecule has 1 fully saturated rings. The Kier molecular flexibility index (Phi) is 6.29. The molecule has 0 saturated carbocycles. The molecule has 0 N–H and O–H groups in total. The van der Waals surface area contributed by atoms with Crippen LogP contribution in [0.4, 0.5) is 0 Å². The van der Waals surface area contributed by atoms with Gasteiger partial charge in [-0.1, -0.05) is 35.1 Å². The van der Waals surface area contributed by atoms with Gasteiger partial charge in [-0.2, -0.15) is 4.98 Å². The number of morpholine rings is 1. The number of hydrogen-bond donors (Lipinski definition) is 0. The van der Waals surface area contributed by atoms with Gasteiger partial charge < -0.3 is 14.0 Å². The Morgan fingerprint density at radius 2 is 1.81 bits per heavy atom. The third kappa shape index (κ3) is 4.74. The van der Waals surface area contributed by atoms with Crippen LogP contribution in [0.2, 0.25) is 0 Å². The first kappa shape index (κ1) is 20.9. The van der Waals surface area contributed by atoms with E-state index in [-0.39, 0.29) is 0 Å². The average molecular weight is 450 g/mol. The van der Waals surface area contributed by atoms with Crippen LogP contribution in [0.3, 0.4) is 0 Å². The minimum atomic E-state index is 0.529. The highest BCUT2D eigenvalue weighted by Gasteiger charge is 2.16. The van der Waals surface area contributed by atoms with Gasteiger partial charge in [0.05, 0.1) is 38.1 Å². The molecule has 1 saturated heterocycles. The third-order valence-electron chi connectivity index (χ3n) is 5.23. The quantitative estimate of drug-likeness (QED) is 0.309. The van der Waals surface area contributed by atoms with Crippen molar-refractivity contribution >= 4 is 22.7 Å². The number of fused-ring (bicyclic) bond motifs is 1. The molecule has 0 aliphatic carbocycles. The lowest BCUT2D eigenvalue weighted by Gasteiger charge is -2.25. The van der Waals surface area contributed by atoms with Gasteiger partial charge in [-0.05, 0) is 30.3 Å². The van der Waals surface area contributed by atoms with E-state index in [1.807, 2.05) is 48.5 Å². The first-order chi connectivity index (χ1) is 15.8. The largest absolute Gasteiger partial charge is 0.497 e. The van der Waals surface area contributed by atoms with Crippen LogP contribution in [0.1, 0.15) is 11.7 Å². The molecule has 2 aromatic heterocycles. The van der Waals surface area contributed by atoms with Crippen LogP contribution in [-0.4, -0.2) is 58.4 Å². The summed E-state index contributed by atoms with van der Waals surface area (Å²) >= 11 is 1.58. The lowest BCUT2D eigenvalue weighted by Crippen LogP contribution is -2.36. The maximum atomic E-state index is 5.48. The van der Waals surface area contributed by atoms with Gasteiger partial charge in [0.25, 0.3) is 0 Å². The summed E-state index contributed by atoms with van der Waals surface area (Å²) < 4.78 is 16.1. The Morgan fingerprint density at radius 3 is 2.62 bits per heavy atom. The molecule has 8 nitrogen and oxygen atoms in total. The van der Waals surface area contributed by atoms with E-state index < -0.39 is 0 Å². The fraction of sp³-hybridized carbons (Fsp3) is 0.304. The van der Waals surface area contributed by atoms with Gasteiger partial charge in [-0.15, -0.1) is 0 Å². The van der Waals surface area contributed by atoms with Gasteiger partial charge in [0, 0.05) is 24.0 Å². The highest BCUT2D eigenvalue weighted by atomic mass is 32.2. The van der Waals surface area contributed by atoms with Crippen molar-refractivity contribution in [2.24, 2.45) is 0 Å². The van der Waals surface area contributed by atoms with Crippen LogP contribution >= 0.6 is 11.8 Å². The van der Waals surface area contributed by atoms with E-state index in [9.17, 15) is 0 Å². The second-order valence-corrected chi connectivity index (χ2v) is 8.34. The highest BCUT2D eigenvalue weighted by Crippen LogP contribution is 2.29. The van der Waals surface area contributed by atoms with Crippen LogP contribution in [0.25, 0.3) is 22.3 Å².